The summed E-state index contributed by atoms with van der Waals surface area (Å²) in [4.78, 5) is 41.7. The first-order valence-corrected chi connectivity index (χ1v) is 7.36. The quantitative estimate of drug-likeness (QED) is 0.808. The number of hydroxylamine groups is 2. The second-order valence-electron chi connectivity index (χ2n) is 5.36. The van der Waals surface area contributed by atoms with Gasteiger partial charge < -0.3 is 9.57 Å². The fraction of sp³-hybridized carbons (Fsp3) is 0.167. The molecule has 0 spiro atoms. The number of hydrogen-bond donors (Lipinski definition) is 0. The van der Waals surface area contributed by atoms with Crippen molar-refractivity contribution in [3.63, 3.8) is 0 Å². The molecular formula is C18H15NO5. The van der Waals surface area contributed by atoms with Crippen molar-refractivity contribution in [3.05, 3.63) is 65.2 Å². The highest BCUT2D eigenvalue weighted by Crippen LogP contribution is 2.25. The molecule has 24 heavy (non-hydrogen) atoms. The van der Waals surface area contributed by atoms with Gasteiger partial charge in [-0.1, -0.05) is 29.3 Å². The van der Waals surface area contributed by atoms with Crippen molar-refractivity contribution < 1.29 is 24.0 Å². The van der Waals surface area contributed by atoms with Crippen LogP contribution in [0.25, 0.3) is 0 Å². The largest absolute Gasteiger partial charge is 0.497 e. The van der Waals surface area contributed by atoms with E-state index in [2.05, 4.69) is 0 Å². The van der Waals surface area contributed by atoms with Gasteiger partial charge in [-0.2, -0.15) is 0 Å². The number of methoxy groups -OCH3 is 1. The van der Waals surface area contributed by atoms with Crippen molar-refractivity contribution in [2.24, 2.45) is 0 Å². The van der Waals surface area contributed by atoms with Crippen LogP contribution in [-0.2, 0) is 9.63 Å². The van der Waals surface area contributed by atoms with Crippen molar-refractivity contribution in [2.75, 3.05) is 7.11 Å². The van der Waals surface area contributed by atoms with Gasteiger partial charge in [-0.05, 0) is 36.8 Å². The summed E-state index contributed by atoms with van der Waals surface area (Å²) in [6.07, 6.45) is 0. The van der Waals surface area contributed by atoms with Crippen LogP contribution in [0.4, 0.5) is 0 Å². The van der Waals surface area contributed by atoms with Gasteiger partial charge in [-0.25, -0.2) is 4.79 Å². The van der Waals surface area contributed by atoms with Gasteiger partial charge in [0, 0.05) is 0 Å². The summed E-state index contributed by atoms with van der Waals surface area (Å²) in [7, 11) is 1.55. The lowest BCUT2D eigenvalue weighted by molar-refractivity contribution is -0.170. The fourth-order valence-electron chi connectivity index (χ4n) is 2.45. The summed E-state index contributed by atoms with van der Waals surface area (Å²) in [5.41, 5.74) is 1.15. The number of carbonyl (C=O) groups is 3. The summed E-state index contributed by atoms with van der Waals surface area (Å²) in [5.74, 6) is -1.92. The number of benzene rings is 2. The van der Waals surface area contributed by atoms with Gasteiger partial charge in [0.25, 0.3) is 11.8 Å². The Balaban J connectivity index is 1.75. The maximum absolute atomic E-state index is 12.3. The molecule has 122 valence electrons. The monoisotopic (exact) mass is 325 g/mol. The minimum atomic E-state index is -0.685. The van der Waals surface area contributed by atoms with Gasteiger partial charge in [-0.3, -0.25) is 9.59 Å². The van der Waals surface area contributed by atoms with Crippen LogP contribution in [0.5, 0.6) is 5.75 Å². The minimum absolute atomic E-state index is 0.229. The molecule has 2 amide bonds. The Hall–Kier alpha value is -3.15. The molecule has 0 bridgehead atoms. The molecule has 1 aliphatic heterocycles. The topological polar surface area (TPSA) is 72.9 Å². The first-order chi connectivity index (χ1) is 11.5. The molecule has 1 unspecified atom stereocenters. The third-order valence-electron chi connectivity index (χ3n) is 3.91. The predicted octanol–water partition coefficient (Wildman–Crippen LogP) is 2.55. The Labute approximate surface area is 138 Å². The van der Waals surface area contributed by atoms with Crippen LogP contribution in [0.2, 0.25) is 0 Å². The van der Waals surface area contributed by atoms with Gasteiger partial charge in [0.1, 0.15) is 5.75 Å². The van der Waals surface area contributed by atoms with E-state index in [4.69, 9.17) is 9.57 Å². The minimum Gasteiger partial charge on any atom is -0.497 e. The number of amides is 2. The third kappa shape index (κ3) is 2.62. The first-order valence-electron chi connectivity index (χ1n) is 7.36. The summed E-state index contributed by atoms with van der Waals surface area (Å²) < 4.78 is 5.07. The number of imide groups is 1. The first kappa shape index (κ1) is 15.7. The predicted molar refractivity (Wildman–Crippen MR) is 84.4 cm³/mol. The molecule has 6 nitrogen and oxygen atoms in total. The third-order valence-corrected chi connectivity index (χ3v) is 3.91. The van der Waals surface area contributed by atoms with Crippen molar-refractivity contribution in [1.29, 1.82) is 0 Å². The molecule has 0 radical (unpaired) electrons. The standard InChI is InChI=1S/C18H15NO5/c1-11(12-7-9-13(23-2)10-8-12)18(22)24-19-16(20)14-5-3-4-6-15(14)17(19)21/h3-11H,1-2H3. The summed E-state index contributed by atoms with van der Waals surface area (Å²) in [6, 6.07) is 13.2. The van der Waals surface area contributed by atoms with Crippen molar-refractivity contribution in [2.45, 2.75) is 12.8 Å². The number of nitrogens with zero attached hydrogens (tertiary/aromatic N) is 1. The number of carbonyl (C=O) groups excluding carboxylic acids is 3. The van der Waals surface area contributed by atoms with Crippen LogP contribution in [0.3, 0.4) is 0 Å². The number of fused-ring (bicyclic) bond motifs is 1. The molecule has 1 heterocycles. The van der Waals surface area contributed by atoms with Gasteiger partial charge in [-0.15, -0.1) is 0 Å². The molecule has 0 saturated heterocycles. The maximum Gasteiger partial charge on any atom is 0.340 e. The highest BCUT2D eigenvalue weighted by atomic mass is 16.7. The number of ether oxygens (including phenoxy) is 1. The van der Waals surface area contributed by atoms with E-state index in [1.165, 1.54) is 12.1 Å². The second-order valence-corrected chi connectivity index (χ2v) is 5.36. The van der Waals surface area contributed by atoms with E-state index in [1.54, 1.807) is 50.4 Å². The van der Waals surface area contributed by atoms with E-state index >= 15 is 0 Å². The zero-order valence-electron chi connectivity index (χ0n) is 13.2. The van der Waals surface area contributed by atoms with Crippen LogP contribution in [0.15, 0.2) is 48.5 Å². The molecule has 0 aromatic heterocycles. The normalized spacial score (nSPS) is 14.3. The molecule has 0 N–H and O–H groups in total. The lowest BCUT2D eigenvalue weighted by atomic mass is 10.0. The molecule has 0 fully saturated rings. The van der Waals surface area contributed by atoms with E-state index < -0.39 is 23.7 Å². The fourth-order valence-corrected chi connectivity index (χ4v) is 2.45. The Morgan fingerprint density at radius 1 is 0.958 bits per heavy atom. The van der Waals surface area contributed by atoms with E-state index in [0.29, 0.717) is 16.4 Å². The molecular weight excluding hydrogens is 310 g/mol. The molecule has 2 aromatic rings. The van der Waals surface area contributed by atoms with Crippen molar-refractivity contribution in [3.8, 4) is 5.75 Å². The van der Waals surface area contributed by atoms with Crippen LogP contribution < -0.4 is 4.74 Å². The van der Waals surface area contributed by atoms with E-state index in [9.17, 15) is 14.4 Å². The molecule has 0 aliphatic carbocycles. The average Bonchev–Trinajstić information content (AvgIpc) is 2.86. The van der Waals surface area contributed by atoms with Crippen LogP contribution in [0.1, 0.15) is 39.1 Å². The molecule has 6 heteroatoms. The molecule has 0 saturated carbocycles. The molecule has 1 aliphatic rings. The lowest BCUT2D eigenvalue weighted by Crippen LogP contribution is -2.34. The van der Waals surface area contributed by atoms with E-state index in [1.807, 2.05) is 0 Å². The maximum atomic E-state index is 12.3. The number of hydrogen-bond acceptors (Lipinski definition) is 5. The lowest BCUT2D eigenvalue weighted by Gasteiger charge is -2.16. The van der Waals surface area contributed by atoms with Crippen molar-refractivity contribution in [1.82, 2.24) is 5.06 Å². The second kappa shape index (κ2) is 6.16. The number of rotatable bonds is 4. The van der Waals surface area contributed by atoms with E-state index in [0.717, 1.165) is 0 Å². The Morgan fingerprint density at radius 3 is 2.00 bits per heavy atom. The summed E-state index contributed by atoms with van der Waals surface area (Å²) >= 11 is 0. The Bertz CT molecular complexity index is 777. The van der Waals surface area contributed by atoms with Gasteiger partial charge in [0.05, 0.1) is 24.2 Å². The Morgan fingerprint density at radius 2 is 1.50 bits per heavy atom. The van der Waals surface area contributed by atoms with Crippen LogP contribution in [-0.4, -0.2) is 30.0 Å². The zero-order valence-corrected chi connectivity index (χ0v) is 13.2. The summed E-state index contributed by atoms with van der Waals surface area (Å²) in [5, 5.41) is 0.521. The highest BCUT2D eigenvalue weighted by molar-refractivity contribution is 6.20. The van der Waals surface area contributed by atoms with Crippen molar-refractivity contribution >= 4 is 17.8 Å². The average molecular weight is 325 g/mol. The van der Waals surface area contributed by atoms with E-state index in [-0.39, 0.29) is 11.1 Å². The Kier molecular flexibility index (Phi) is 4.04. The smallest absolute Gasteiger partial charge is 0.340 e. The molecule has 2 aromatic carbocycles. The van der Waals surface area contributed by atoms with Gasteiger partial charge in [0.15, 0.2) is 0 Å². The summed E-state index contributed by atoms with van der Waals surface area (Å²) in [6.45, 7) is 1.64. The molecule has 3 rings (SSSR count). The van der Waals surface area contributed by atoms with Crippen LogP contribution in [0, 0.1) is 0 Å². The van der Waals surface area contributed by atoms with Crippen LogP contribution >= 0.6 is 0 Å². The SMILES string of the molecule is COc1ccc(C(C)C(=O)ON2C(=O)c3ccccc3C2=O)cc1. The molecule has 1 atom stereocenters. The zero-order chi connectivity index (χ0) is 17.3. The van der Waals surface area contributed by atoms with Gasteiger partial charge >= 0.3 is 5.97 Å². The van der Waals surface area contributed by atoms with Gasteiger partial charge in [0.2, 0.25) is 0 Å². The highest BCUT2D eigenvalue weighted by Gasteiger charge is 2.39.